The van der Waals surface area contributed by atoms with E-state index in [2.05, 4.69) is 5.10 Å². The molecule has 82 valence electrons. The van der Waals surface area contributed by atoms with Gasteiger partial charge < -0.3 is 5.73 Å². The summed E-state index contributed by atoms with van der Waals surface area (Å²) in [6.07, 6.45) is 2.91. The lowest BCUT2D eigenvalue weighted by atomic mass is 9.99. The van der Waals surface area contributed by atoms with E-state index in [-0.39, 0.29) is 11.8 Å². The van der Waals surface area contributed by atoms with Crippen molar-refractivity contribution in [3.05, 3.63) is 0 Å². The maximum atomic E-state index is 11.9. The first-order chi connectivity index (χ1) is 7.11. The predicted octanol–water partition coefficient (Wildman–Crippen LogP) is 0.470. The van der Waals surface area contributed by atoms with Crippen molar-refractivity contribution in [3.8, 4) is 6.07 Å². The van der Waals surface area contributed by atoms with Crippen LogP contribution in [0.15, 0.2) is 5.10 Å². The molecule has 0 aliphatic carbocycles. The Morgan fingerprint density at radius 3 is 3.07 bits per heavy atom. The van der Waals surface area contributed by atoms with Crippen LogP contribution in [0.1, 0.15) is 26.7 Å². The van der Waals surface area contributed by atoms with Crippen LogP contribution in [0, 0.1) is 17.2 Å². The summed E-state index contributed by atoms with van der Waals surface area (Å²) in [6.45, 7) is 3.90. The zero-order chi connectivity index (χ0) is 11.4. The molecule has 0 aromatic heterocycles. The highest BCUT2D eigenvalue weighted by Gasteiger charge is 2.32. The third kappa shape index (κ3) is 2.34. The lowest BCUT2D eigenvalue weighted by Crippen LogP contribution is -2.46. The van der Waals surface area contributed by atoms with Crippen molar-refractivity contribution < 1.29 is 4.79 Å². The predicted molar refractivity (Wildman–Crippen MR) is 56.8 cm³/mol. The minimum atomic E-state index is -0.568. The van der Waals surface area contributed by atoms with Crippen LogP contribution in [0.4, 0.5) is 0 Å². The molecule has 0 saturated carbocycles. The molecule has 3 atom stereocenters. The molecule has 0 aromatic carbocycles. The fourth-order valence-electron chi connectivity index (χ4n) is 1.38. The molecule has 5 nitrogen and oxygen atoms in total. The third-order valence-electron chi connectivity index (χ3n) is 2.75. The molecular formula is C10H16N4O. The average molecular weight is 208 g/mol. The SMILES string of the molecule is CC[C@@H](C)[C@H](N)C(=O)N1N=CCC1C#N. The fourth-order valence-corrected chi connectivity index (χ4v) is 1.38. The molecule has 0 fully saturated rings. The molecule has 1 aliphatic rings. The molecular weight excluding hydrogens is 192 g/mol. The smallest absolute Gasteiger partial charge is 0.261 e. The van der Waals surface area contributed by atoms with Gasteiger partial charge in [0, 0.05) is 12.6 Å². The minimum absolute atomic E-state index is 0.104. The minimum Gasteiger partial charge on any atom is -0.320 e. The van der Waals surface area contributed by atoms with Crippen LogP contribution in [0.3, 0.4) is 0 Å². The lowest BCUT2D eigenvalue weighted by molar-refractivity contribution is -0.134. The first kappa shape index (κ1) is 11.7. The molecule has 0 spiro atoms. The Morgan fingerprint density at radius 1 is 1.87 bits per heavy atom. The monoisotopic (exact) mass is 208 g/mol. The van der Waals surface area contributed by atoms with Crippen LogP contribution in [-0.4, -0.2) is 29.2 Å². The molecule has 1 unspecified atom stereocenters. The molecule has 0 bridgehead atoms. The molecule has 1 rings (SSSR count). The Balaban J connectivity index is 2.68. The van der Waals surface area contributed by atoms with Gasteiger partial charge in [0.05, 0.1) is 12.1 Å². The third-order valence-corrected chi connectivity index (χ3v) is 2.75. The van der Waals surface area contributed by atoms with Crippen molar-refractivity contribution >= 4 is 12.1 Å². The van der Waals surface area contributed by atoms with Crippen LogP contribution < -0.4 is 5.73 Å². The van der Waals surface area contributed by atoms with Gasteiger partial charge in [-0.25, -0.2) is 5.01 Å². The van der Waals surface area contributed by atoms with Gasteiger partial charge in [0.25, 0.3) is 5.91 Å². The normalized spacial score (nSPS) is 23.6. The molecule has 0 aromatic rings. The standard InChI is InChI=1S/C10H16N4O/c1-3-7(2)9(12)10(15)14-8(6-11)4-5-13-14/h5,7-9H,3-4,12H2,1-2H3/t7-,8?,9+/m1/s1. The number of hydrogen-bond acceptors (Lipinski definition) is 4. The van der Waals surface area contributed by atoms with Gasteiger partial charge in [-0.15, -0.1) is 0 Å². The van der Waals surface area contributed by atoms with Crippen LogP contribution in [0.5, 0.6) is 0 Å². The molecule has 0 radical (unpaired) electrons. The number of hydrazone groups is 1. The zero-order valence-corrected chi connectivity index (χ0v) is 9.05. The molecule has 0 saturated heterocycles. The summed E-state index contributed by atoms with van der Waals surface area (Å²) < 4.78 is 0. The van der Waals surface area contributed by atoms with Gasteiger partial charge in [0.2, 0.25) is 0 Å². The largest absolute Gasteiger partial charge is 0.320 e. The molecule has 1 amide bonds. The van der Waals surface area contributed by atoms with Crippen molar-refractivity contribution in [3.63, 3.8) is 0 Å². The van der Waals surface area contributed by atoms with Crippen LogP contribution in [0.2, 0.25) is 0 Å². The Bertz CT molecular complexity index is 307. The van der Waals surface area contributed by atoms with Gasteiger partial charge in [0.1, 0.15) is 6.04 Å². The average Bonchev–Trinajstić information content (AvgIpc) is 2.73. The Labute approximate surface area is 89.5 Å². The summed E-state index contributed by atoms with van der Waals surface area (Å²) in [5.74, 6) is -0.155. The van der Waals surface area contributed by atoms with Gasteiger partial charge in [-0.1, -0.05) is 20.3 Å². The quantitative estimate of drug-likeness (QED) is 0.731. The van der Waals surface area contributed by atoms with Crippen LogP contribution in [0.25, 0.3) is 0 Å². The van der Waals surface area contributed by atoms with Crippen molar-refractivity contribution in [1.82, 2.24) is 5.01 Å². The van der Waals surface area contributed by atoms with E-state index < -0.39 is 12.1 Å². The number of nitrogens with zero attached hydrogens (tertiary/aromatic N) is 3. The van der Waals surface area contributed by atoms with Crippen LogP contribution in [-0.2, 0) is 4.79 Å². The molecule has 2 N–H and O–H groups in total. The van der Waals surface area contributed by atoms with E-state index in [1.54, 1.807) is 6.21 Å². The lowest BCUT2D eigenvalue weighted by Gasteiger charge is -2.23. The topological polar surface area (TPSA) is 82.5 Å². The number of carbonyl (C=O) groups excluding carboxylic acids is 1. The van der Waals surface area contributed by atoms with Gasteiger partial charge >= 0.3 is 0 Å². The van der Waals surface area contributed by atoms with Crippen LogP contribution >= 0.6 is 0 Å². The fraction of sp³-hybridized carbons (Fsp3) is 0.700. The Kier molecular flexibility index (Phi) is 3.81. The number of nitrogens with two attached hydrogens (primary N) is 1. The second kappa shape index (κ2) is 4.89. The van der Waals surface area contributed by atoms with Crippen molar-refractivity contribution in [2.45, 2.75) is 38.8 Å². The Hall–Kier alpha value is -1.41. The van der Waals surface area contributed by atoms with E-state index in [1.165, 1.54) is 5.01 Å². The van der Waals surface area contributed by atoms with E-state index in [1.807, 2.05) is 19.9 Å². The van der Waals surface area contributed by atoms with E-state index in [4.69, 9.17) is 11.0 Å². The number of hydrogen-bond donors (Lipinski definition) is 1. The summed E-state index contributed by atoms with van der Waals surface area (Å²) in [6, 6.07) is 0.984. The maximum absolute atomic E-state index is 11.9. The van der Waals surface area contributed by atoms with E-state index in [9.17, 15) is 4.79 Å². The molecule has 5 heteroatoms. The van der Waals surface area contributed by atoms with Crippen molar-refractivity contribution in [2.75, 3.05) is 0 Å². The van der Waals surface area contributed by atoms with E-state index >= 15 is 0 Å². The first-order valence-corrected chi connectivity index (χ1v) is 5.12. The maximum Gasteiger partial charge on any atom is 0.261 e. The van der Waals surface area contributed by atoms with Crippen molar-refractivity contribution in [1.29, 1.82) is 5.26 Å². The van der Waals surface area contributed by atoms with Gasteiger partial charge in [-0.3, -0.25) is 4.79 Å². The summed E-state index contributed by atoms with van der Waals surface area (Å²) in [5.41, 5.74) is 5.79. The highest BCUT2D eigenvalue weighted by atomic mass is 16.2. The second-order valence-electron chi connectivity index (χ2n) is 3.77. The molecule has 1 heterocycles. The van der Waals surface area contributed by atoms with E-state index in [0.717, 1.165) is 6.42 Å². The highest BCUT2D eigenvalue weighted by Crippen LogP contribution is 2.15. The summed E-state index contributed by atoms with van der Waals surface area (Å²) in [4.78, 5) is 11.9. The van der Waals surface area contributed by atoms with E-state index in [0.29, 0.717) is 6.42 Å². The first-order valence-electron chi connectivity index (χ1n) is 5.12. The highest BCUT2D eigenvalue weighted by molar-refractivity contribution is 5.84. The van der Waals surface area contributed by atoms with Gasteiger partial charge in [-0.05, 0) is 5.92 Å². The number of amides is 1. The number of rotatable bonds is 3. The van der Waals surface area contributed by atoms with Gasteiger partial charge in [0.15, 0.2) is 0 Å². The molecule has 1 aliphatic heterocycles. The van der Waals surface area contributed by atoms with Crippen molar-refractivity contribution in [2.24, 2.45) is 16.8 Å². The van der Waals surface area contributed by atoms with Gasteiger partial charge in [-0.2, -0.15) is 10.4 Å². The summed E-state index contributed by atoms with van der Waals surface area (Å²) in [7, 11) is 0. The summed E-state index contributed by atoms with van der Waals surface area (Å²) >= 11 is 0. The number of nitriles is 1. The second-order valence-corrected chi connectivity index (χ2v) is 3.77. The Morgan fingerprint density at radius 2 is 2.53 bits per heavy atom. The zero-order valence-electron chi connectivity index (χ0n) is 9.05. The summed E-state index contributed by atoms with van der Waals surface area (Å²) in [5, 5.41) is 13.9. The molecule has 15 heavy (non-hydrogen) atoms. The number of carbonyl (C=O) groups is 1.